The minimum absolute atomic E-state index is 0.173. The molecule has 1 heterocycles. The number of nitrogens with zero attached hydrogens (tertiary/aromatic N) is 3. The zero-order valence-electron chi connectivity index (χ0n) is 15.0. The van der Waals surface area contributed by atoms with E-state index in [1.54, 1.807) is 38.2 Å². The Bertz CT molecular complexity index is 899. The predicted octanol–water partition coefficient (Wildman–Crippen LogP) is 3.67. The number of amides is 2. The van der Waals surface area contributed by atoms with Gasteiger partial charge in [0.05, 0.1) is 11.7 Å². The topological polar surface area (TPSA) is 53.0 Å². The van der Waals surface area contributed by atoms with Crippen LogP contribution in [0.2, 0.25) is 0 Å². The Kier molecular flexibility index (Phi) is 5.30. The van der Waals surface area contributed by atoms with Crippen molar-refractivity contribution in [2.45, 2.75) is 25.8 Å². The van der Waals surface area contributed by atoms with Crippen molar-refractivity contribution in [2.75, 3.05) is 12.1 Å². The molecule has 3 rings (SSSR count). The summed E-state index contributed by atoms with van der Waals surface area (Å²) in [4.78, 5) is 26.4. The summed E-state index contributed by atoms with van der Waals surface area (Å²) >= 11 is 0. The third kappa shape index (κ3) is 3.86. The van der Waals surface area contributed by atoms with E-state index in [-0.39, 0.29) is 30.4 Å². The molecule has 2 aromatic rings. The van der Waals surface area contributed by atoms with Gasteiger partial charge in [-0.2, -0.15) is 5.10 Å². The number of hydrazone groups is 1. The minimum Gasteiger partial charge on any atom is -0.334 e. The molecule has 1 unspecified atom stereocenters. The molecule has 0 fully saturated rings. The van der Waals surface area contributed by atoms with Gasteiger partial charge < -0.3 is 4.90 Å². The average Bonchev–Trinajstić information content (AvgIpc) is 2.69. The number of benzene rings is 2. The molecule has 0 aliphatic carbocycles. The van der Waals surface area contributed by atoms with Crippen molar-refractivity contribution < 1.29 is 18.4 Å². The zero-order chi connectivity index (χ0) is 19.6. The summed E-state index contributed by atoms with van der Waals surface area (Å²) in [5.74, 6) is -2.45. The summed E-state index contributed by atoms with van der Waals surface area (Å²) in [5.41, 5.74) is 1.30. The van der Waals surface area contributed by atoms with Gasteiger partial charge in [-0.05, 0) is 36.8 Å². The molecule has 0 N–H and O–H groups in total. The first-order valence-corrected chi connectivity index (χ1v) is 8.56. The fourth-order valence-corrected chi connectivity index (χ4v) is 2.85. The van der Waals surface area contributed by atoms with Crippen molar-refractivity contribution >= 4 is 23.2 Å². The van der Waals surface area contributed by atoms with Crippen molar-refractivity contribution in [3.8, 4) is 0 Å². The van der Waals surface area contributed by atoms with Crippen LogP contribution in [0.5, 0.6) is 0 Å². The van der Waals surface area contributed by atoms with Crippen molar-refractivity contribution in [1.29, 1.82) is 0 Å². The Hall–Kier alpha value is -3.09. The smallest absolute Gasteiger partial charge is 0.270 e. The highest BCUT2D eigenvalue weighted by atomic mass is 19.2. The molecule has 1 aliphatic heterocycles. The van der Waals surface area contributed by atoms with Crippen LogP contribution in [0.1, 0.15) is 31.4 Å². The number of carbonyl (C=O) groups is 2. The molecule has 1 atom stereocenters. The molecule has 0 radical (unpaired) electrons. The van der Waals surface area contributed by atoms with Crippen LogP contribution in [-0.4, -0.2) is 29.5 Å². The standard InChI is InChI=1S/C20H19F2N3O2/c1-13(14-8-9-16(21)17(22)12-14)24(2)20(27)18-10-11-19(26)25(23-18)15-6-4-3-5-7-15/h3-9,12-13H,10-11H2,1-2H3. The number of hydrogen-bond donors (Lipinski definition) is 0. The van der Waals surface area contributed by atoms with Crippen LogP contribution in [-0.2, 0) is 9.59 Å². The van der Waals surface area contributed by atoms with E-state index < -0.39 is 17.7 Å². The lowest BCUT2D eigenvalue weighted by molar-refractivity contribution is -0.125. The maximum absolute atomic E-state index is 13.5. The molecule has 0 saturated heterocycles. The van der Waals surface area contributed by atoms with Gasteiger partial charge >= 0.3 is 0 Å². The van der Waals surface area contributed by atoms with Crippen molar-refractivity contribution in [2.24, 2.45) is 5.10 Å². The number of para-hydroxylation sites is 1. The van der Waals surface area contributed by atoms with Gasteiger partial charge in [0.25, 0.3) is 5.91 Å². The minimum atomic E-state index is -0.962. The van der Waals surface area contributed by atoms with E-state index >= 15 is 0 Å². The summed E-state index contributed by atoms with van der Waals surface area (Å²) in [6.45, 7) is 1.72. The Morgan fingerprint density at radius 2 is 1.81 bits per heavy atom. The van der Waals surface area contributed by atoms with E-state index in [2.05, 4.69) is 5.10 Å². The quantitative estimate of drug-likeness (QED) is 0.824. The normalized spacial score (nSPS) is 15.3. The lowest BCUT2D eigenvalue weighted by Crippen LogP contribution is -2.40. The maximum Gasteiger partial charge on any atom is 0.270 e. The van der Waals surface area contributed by atoms with Gasteiger partial charge in [0.1, 0.15) is 5.71 Å². The van der Waals surface area contributed by atoms with Gasteiger partial charge in [0.15, 0.2) is 11.6 Å². The van der Waals surface area contributed by atoms with Crippen LogP contribution in [0.4, 0.5) is 14.5 Å². The third-order valence-corrected chi connectivity index (χ3v) is 4.61. The zero-order valence-corrected chi connectivity index (χ0v) is 15.0. The van der Waals surface area contributed by atoms with Gasteiger partial charge in [0.2, 0.25) is 5.91 Å². The molecule has 140 valence electrons. The van der Waals surface area contributed by atoms with E-state index in [9.17, 15) is 18.4 Å². The fourth-order valence-electron chi connectivity index (χ4n) is 2.85. The molecule has 0 spiro atoms. The first-order chi connectivity index (χ1) is 12.9. The third-order valence-electron chi connectivity index (χ3n) is 4.61. The molecular weight excluding hydrogens is 352 g/mol. The Morgan fingerprint density at radius 1 is 1.11 bits per heavy atom. The molecule has 2 aromatic carbocycles. The highest BCUT2D eigenvalue weighted by Gasteiger charge is 2.29. The Morgan fingerprint density at radius 3 is 2.48 bits per heavy atom. The summed E-state index contributed by atoms with van der Waals surface area (Å²) in [6, 6.07) is 11.9. The van der Waals surface area contributed by atoms with Gasteiger partial charge in [-0.15, -0.1) is 0 Å². The van der Waals surface area contributed by atoms with Crippen molar-refractivity contribution in [3.05, 3.63) is 65.7 Å². The van der Waals surface area contributed by atoms with Crippen LogP contribution in [0, 0.1) is 11.6 Å². The predicted molar refractivity (Wildman–Crippen MR) is 98.1 cm³/mol. The molecule has 2 amide bonds. The van der Waals surface area contributed by atoms with E-state index in [1.165, 1.54) is 16.0 Å². The van der Waals surface area contributed by atoms with E-state index in [1.807, 2.05) is 6.07 Å². The van der Waals surface area contributed by atoms with E-state index in [0.29, 0.717) is 11.3 Å². The number of rotatable bonds is 4. The van der Waals surface area contributed by atoms with Crippen molar-refractivity contribution in [3.63, 3.8) is 0 Å². The van der Waals surface area contributed by atoms with Gasteiger partial charge in [-0.25, -0.2) is 13.8 Å². The van der Waals surface area contributed by atoms with Crippen LogP contribution < -0.4 is 5.01 Å². The monoisotopic (exact) mass is 371 g/mol. The molecular formula is C20H19F2N3O2. The van der Waals surface area contributed by atoms with Crippen LogP contribution in [0.15, 0.2) is 53.6 Å². The van der Waals surface area contributed by atoms with E-state index in [0.717, 1.165) is 12.1 Å². The second-order valence-electron chi connectivity index (χ2n) is 6.35. The van der Waals surface area contributed by atoms with E-state index in [4.69, 9.17) is 0 Å². The maximum atomic E-state index is 13.5. The summed E-state index contributed by atoms with van der Waals surface area (Å²) < 4.78 is 26.6. The number of halogens is 2. The van der Waals surface area contributed by atoms with Crippen LogP contribution in [0.25, 0.3) is 0 Å². The second kappa shape index (κ2) is 7.65. The van der Waals surface area contributed by atoms with Crippen LogP contribution >= 0.6 is 0 Å². The summed E-state index contributed by atoms with van der Waals surface area (Å²) in [5, 5.41) is 5.47. The molecule has 1 aliphatic rings. The molecule has 5 nitrogen and oxygen atoms in total. The first kappa shape index (κ1) is 18.7. The SMILES string of the molecule is CC(c1ccc(F)c(F)c1)N(C)C(=O)C1=NN(c2ccccc2)C(=O)CC1. The lowest BCUT2D eigenvalue weighted by Gasteiger charge is -2.29. The average molecular weight is 371 g/mol. The van der Waals surface area contributed by atoms with Gasteiger partial charge in [-0.1, -0.05) is 24.3 Å². The van der Waals surface area contributed by atoms with Gasteiger partial charge in [0, 0.05) is 19.9 Å². The Labute approximate surface area is 155 Å². The fraction of sp³-hybridized carbons (Fsp3) is 0.250. The summed E-state index contributed by atoms with van der Waals surface area (Å²) in [6.07, 6.45) is 0.405. The number of hydrogen-bond acceptors (Lipinski definition) is 3. The highest BCUT2D eigenvalue weighted by Crippen LogP contribution is 2.24. The number of anilines is 1. The lowest BCUT2D eigenvalue weighted by atomic mass is 10.1. The molecule has 27 heavy (non-hydrogen) atoms. The molecule has 0 bridgehead atoms. The van der Waals surface area contributed by atoms with Crippen molar-refractivity contribution in [1.82, 2.24) is 4.90 Å². The second-order valence-corrected chi connectivity index (χ2v) is 6.35. The van der Waals surface area contributed by atoms with Gasteiger partial charge in [-0.3, -0.25) is 9.59 Å². The molecule has 7 heteroatoms. The summed E-state index contributed by atoms with van der Waals surface area (Å²) in [7, 11) is 1.57. The highest BCUT2D eigenvalue weighted by molar-refractivity contribution is 6.40. The Balaban J connectivity index is 1.83. The van der Waals surface area contributed by atoms with Crippen LogP contribution in [0.3, 0.4) is 0 Å². The molecule has 0 saturated carbocycles. The first-order valence-electron chi connectivity index (χ1n) is 8.56. The largest absolute Gasteiger partial charge is 0.334 e. The molecule has 0 aromatic heterocycles. The number of carbonyl (C=O) groups excluding carboxylic acids is 2.